The summed E-state index contributed by atoms with van der Waals surface area (Å²) in [6, 6.07) is 17.8. The predicted octanol–water partition coefficient (Wildman–Crippen LogP) is 5.81. The Hall–Kier alpha value is -3.18. The smallest absolute Gasteiger partial charge is 0.225 e. The molecule has 3 aliphatic rings. The Bertz CT molecular complexity index is 1410. The summed E-state index contributed by atoms with van der Waals surface area (Å²) in [6.45, 7) is 12.9. The van der Waals surface area contributed by atoms with E-state index in [1.54, 1.807) is 6.07 Å². The van der Waals surface area contributed by atoms with Crippen LogP contribution in [-0.4, -0.2) is 60.7 Å². The molecule has 3 fully saturated rings. The van der Waals surface area contributed by atoms with Crippen LogP contribution >= 0.6 is 11.6 Å². The van der Waals surface area contributed by atoms with Gasteiger partial charge in [0.2, 0.25) is 5.95 Å². The molecule has 220 valence electrons. The molecule has 3 aliphatic heterocycles. The highest BCUT2D eigenvalue weighted by molar-refractivity contribution is 6.30. The molecule has 0 atom stereocenters. The number of aromatic nitrogens is 2. The van der Waals surface area contributed by atoms with E-state index in [2.05, 4.69) is 52.2 Å². The Labute approximate surface area is 254 Å². The fourth-order valence-corrected chi connectivity index (χ4v) is 7.02. The number of anilines is 1. The molecule has 1 aromatic heterocycles. The number of nitrogens with one attached hydrogen (secondary N) is 1. The van der Waals surface area contributed by atoms with Gasteiger partial charge < -0.3 is 19.9 Å². The Morgan fingerprint density at radius 2 is 1.79 bits per heavy atom. The van der Waals surface area contributed by atoms with E-state index in [1.165, 1.54) is 58.4 Å². The molecule has 2 aromatic carbocycles. The molecule has 3 saturated heterocycles. The van der Waals surface area contributed by atoms with Gasteiger partial charge in [-0.2, -0.15) is 5.26 Å². The Balaban J connectivity index is 1.00. The highest BCUT2D eigenvalue weighted by Gasteiger charge is 2.46. The second kappa shape index (κ2) is 12.2. The van der Waals surface area contributed by atoms with Crippen molar-refractivity contribution in [2.45, 2.75) is 51.6 Å². The topological polar surface area (TPSA) is 77.3 Å². The molecule has 0 saturated carbocycles. The Kier molecular flexibility index (Phi) is 8.40. The SMILES string of the molecule is CC(C)(c1ccc(OCc2ccnc(N3CC4(CCN(CC5CCNCC5)CC4)C3)n2)cc1)c1cc(Cl)cc(C#N)c1. The number of benzene rings is 2. The van der Waals surface area contributed by atoms with Gasteiger partial charge in [-0.15, -0.1) is 0 Å². The summed E-state index contributed by atoms with van der Waals surface area (Å²) in [5, 5.41) is 13.4. The zero-order valence-corrected chi connectivity index (χ0v) is 25.5. The molecule has 0 aliphatic carbocycles. The first-order chi connectivity index (χ1) is 20.3. The van der Waals surface area contributed by atoms with Gasteiger partial charge in [-0.3, -0.25) is 0 Å². The van der Waals surface area contributed by atoms with Crippen LogP contribution in [0.3, 0.4) is 0 Å². The normalized spacial score (nSPS) is 19.3. The molecule has 6 rings (SSSR count). The van der Waals surface area contributed by atoms with Crippen LogP contribution < -0.4 is 15.0 Å². The summed E-state index contributed by atoms with van der Waals surface area (Å²) in [5.41, 5.74) is 3.69. The minimum Gasteiger partial charge on any atom is -0.487 e. The molecule has 0 unspecified atom stereocenters. The number of nitriles is 1. The number of hydrogen-bond donors (Lipinski definition) is 1. The lowest BCUT2D eigenvalue weighted by Crippen LogP contribution is -2.61. The Morgan fingerprint density at radius 1 is 1.05 bits per heavy atom. The van der Waals surface area contributed by atoms with Crippen molar-refractivity contribution in [3.8, 4) is 11.8 Å². The fourth-order valence-electron chi connectivity index (χ4n) is 6.78. The minimum atomic E-state index is -0.311. The third kappa shape index (κ3) is 6.41. The molecule has 0 amide bonds. The largest absolute Gasteiger partial charge is 0.487 e. The third-order valence-electron chi connectivity index (χ3n) is 9.64. The monoisotopic (exact) mass is 584 g/mol. The lowest BCUT2D eigenvalue weighted by Gasteiger charge is -2.54. The number of hydrogen-bond acceptors (Lipinski definition) is 7. The summed E-state index contributed by atoms with van der Waals surface area (Å²) < 4.78 is 6.11. The highest BCUT2D eigenvalue weighted by atomic mass is 35.5. The van der Waals surface area contributed by atoms with Gasteiger partial charge in [0.25, 0.3) is 0 Å². The van der Waals surface area contributed by atoms with Crippen molar-refractivity contribution >= 4 is 17.5 Å². The lowest BCUT2D eigenvalue weighted by molar-refractivity contribution is 0.0632. The van der Waals surface area contributed by atoms with Gasteiger partial charge >= 0.3 is 0 Å². The van der Waals surface area contributed by atoms with Crippen LogP contribution in [0.4, 0.5) is 5.95 Å². The summed E-state index contributed by atoms with van der Waals surface area (Å²) in [4.78, 5) is 14.5. The first kappa shape index (κ1) is 28.9. The van der Waals surface area contributed by atoms with Crippen molar-refractivity contribution in [3.63, 3.8) is 0 Å². The molecule has 8 heteroatoms. The number of rotatable bonds is 8. The van der Waals surface area contributed by atoms with Crippen LogP contribution in [0.25, 0.3) is 0 Å². The number of piperidine rings is 2. The van der Waals surface area contributed by atoms with Crippen LogP contribution in [0.5, 0.6) is 5.75 Å². The minimum absolute atomic E-state index is 0.311. The second-order valence-electron chi connectivity index (χ2n) is 13.0. The maximum absolute atomic E-state index is 9.35. The molecular formula is C34H41ClN6O. The van der Waals surface area contributed by atoms with E-state index in [-0.39, 0.29) is 5.41 Å². The maximum Gasteiger partial charge on any atom is 0.225 e. The van der Waals surface area contributed by atoms with Crippen molar-refractivity contribution in [2.24, 2.45) is 11.3 Å². The van der Waals surface area contributed by atoms with Gasteiger partial charge in [0.1, 0.15) is 12.4 Å². The molecule has 7 nitrogen and oxygen atoms in total. The van der Waals surface area contributed by atoms with Crippen molar-refractivity contribution < 1.29 is 4.74 Å². The first-order valence-corrected chi connectivity index (χ1v) is 15.6. The summed E-state index contributed by atoms with van der Waals surface area (Å²) in [5.74, 6) is 2.47. The molecule has 1 spiro atoms. The molecule has 0 radical (unpaired) electrons. The molecule has 1 N–H and O–H groups in total. The van der Waals surface area contributed by atoms with Crippen LogP contribution in [0.15, 0.2) is 54.7 Å². The van der Waals surface area contributed by atoms with Crippen molar-refractivity contribution in [1.29, 1.82) is 5.26 Å². The molecule has 3 aromatic rings. The quantitative estimate of drug-likeness (QED) is 0.358. The predicted molar refractivity (Wildman–Crippen MR) is 167 cm³/mol. The van der Waals surface area contributed by atoms with E-state index < -0.39 is 0 Å². The van der Waals surface area contributed by atoms with Gasteiger partial charge in [-0.1, -0.05) is 37.6 Å². The average molecular weight is 585 g/mol. The fraction of sp³-hybridized carbons (Fsp3) is 0.500. The zero-order valence-electron chi connectivity index (χ0n) is 24.8. The van der Waals surface area contributed by atoms with Crippen LogP contribution in [0, 0.1) is 22.7 Å². The van der Waals surface area contributed by atoms with Crippen LogP contribution in [0.2, 0.25) is 5.02 Å². The van der Waals surface area contributed by atoms with Crippen molar-refractivity contribution in [3.05, 3.63) is 82.1 Å². The van der Waals surface area contributed by atoms with Crippen molar-refractivity contribution in [1.82, 2.24) is 20.2 Å². The number of halogens is 1. The summed E-state index contributed by atoms with van der Waals surface area (Å²) in [6.07, 6.45) is 7.05. The average Bonchev–Trinajstić information content (AvgIpc) is 3.00. The molecule has 4 heterocycles. The first-order valence-electron chi connectivity index (χ1n) is 15.3. The van der Waals surface area contributed by atoms with E-state index in [0.717, 1.165) is 47.5 Å². The van der Waals surface area contributed by atoms with Gasteiger partial charge in [-0.25, -0.2) is 9.97 Å². The van der Waals surface area contributed by atoms with E-state index in [1.807, 2.05) is 36.5 Å². The summed E-state index contributed by atoms with van der Waals surface area (Å²) in [7, 11) is 0. The molecular weight excluding hydrogens is 544 g/mol. The van der Waals surface area contributed by atoms with E-state index in [4.69, 9.17) is 21.3 Å². The lowest BCUT2D eigenvalue weighted by atomic mass is 9.72. The van der Waals surface area contributed by atoms with E-state index in [0.29, 0.717) is 22.6 Å². The van der Waals surface area contributed by atoms with Crippen molar-refractivity contribution in [2.75, 3.05) is 50.7 Å². The maximum atomic E-state index is 9.35. The van der Waals surface area contributed by atoms with E-state index >= 15 is 0 Å². The number of ether oxygens (including phenoxy) is 1. The Morgan fingerprint density at radius 3 is 2.50 bits per heavy atom. The van der Waals surface area contributed by atoms with E-state index in [9.17, 15) is 5.26 Å². The van der Waals surface area contributed by atoms with Gasteiger partial charge in [-0.05, 0) is 105 Å². The molecule has 42 heavy (non-hydrogen) atoms. The standard InChI is InChI=1S/C34H41ClN6O/c1-33(2,28-17-26(20-36)18-29(35)19-28)27-3-5-31(6-4-27)42-22-30-9-14-38-32(39-30)41-23-34(24-41)10-15-40(16-11-34)21-25-7-12-37-13-8-25/h3-6,9,14,17-19,25,37H,7-8,10-13,15-16,21-24H2,1-2H3. The summed E-state index contributed by atoms with van der Waals surface area (Å²) >= 11 is 6.28. The van der Waals surface area contributed by atoms with Crippen LogP contribution in [0.1, 0.15) is 61.9 Å². The number of nitrogens with zero attached hydrogens (tertiary/aromatic N) is 5. The zero-order chi connectivity index (χ0) is 29.2. The highest BCUT2D eigenvalue weighted by Crippen LogP contribution is 2.42. The van der Waals surface area contributed by atoms with Crippen LogP contribution in [-0.2, 0) is 12.0 Å². The third-order valence-corrected chi connectivity index (χ3v) is 9.86. The second-order valence-corrected chi connectivity index (χ2v) is 13.4. The van der Waals surface area contributed by atoms with Gasteiger partial charge in [0.15, 0.2) is 0 Å². The molecule has 0 bridgehead atoms. The number of likely N-dealkylation sites (tertiary alicyclic amines) is 1. The van der Waals surface area contributed by atoms with Gasteiger partial charge in [0.05, 0.1) is 17.3 Å². The van der Waals surface area contributed by atoms with Gasteiger partial charge in [0, 0.05) is 41.7 Å².